The van der Waals surface area contributed by atoms with E-state index < -0.39 is 0 Å². The molecule has 4 heteroatoms. The minimum absolute atomic E-state index is 0.254. The summed E-state index contributed by atoms with van der Waals surface area (Å²) in [6.07, 6.45) is 0.436. The maximum atomic E-state index is 9.77. The number of aromatic nitrogens is 1. The molecule has 0 spiro atoms. The Labute approximate surface area is 100 Å². The van der Waals surface area contributed by atoms with E-state index in [-0.39, 0.29) is 6.10 Å². The number of aliphatic hydroxyl groups excluding tert-OH is 1. The lowest BCUT2D eigenvalue weighted by molar-refractivity contribution is 0.199. The molecule has 0 aliphatic carbocycles. The number of aliphatic hydroxyl groups is 1. The van der Waals surface area contributed by atoms with Crippen molar-refractivity contribution in [2.75, 3.05) is 11.5 Å². The van der Waals surface area contributed by atoms with Crippen LogP contribution in [0.4, 0.5) is 0 Å². The van der Waals surface area contributed by atoms with E-state index in [0.717, 1.165) is 22.2 Å². The lowest BCUT2D eigenvalue weighted by Crippen LogP contribution is -2.14. The molecule has 1 aromatic heterocycles. The molecule has 1 aromatic rings. The molecule has 0 aromatic carbocycles. The normalized spacial score (nSPS) is 13.4. The van der Waals surface area contributed by atoms with Crippen LogP contribution in [0.25, 0.3) is 0 Å². The molecule has 1 heterocycles. The number of hydrogen-bond acceptors (Lipinski definition) is 4. The zero-order valence-electron chi connectivity index (χ0n) is 9.56. The Hall–Kier alpha value is -0.0600. The second-order valence-corrected chi connectivity index (χ2v) is 6.28. The molecule has 0 amide bonds. The average Bonchev–Trinajstić information content (AvgIpc) is 2.50. The maximum absolute atomic E-state index is 9.77. The van der Waals surface area contributed by atoms with Crippen LogP contribution >= 0.6 is 23.1 Å². The van der Waals surface area contributed by atoms with Crippen molar-refractivity contribution in [3.8, 4) is 0 Å². The summed E-state index contributed by atoms with van der Waals surface area (Å²) in [6.45, 7) is 6.39. The van der Waals surface area contributed by atoms with Crippen molar-refractivity contribution in [2.24, 2.45) is 5.92 Å². The van der Waals surface area contributed by atoms with Gasteiger partial charge in [-0.15, -0.1) is 11.3 Å². The van der Waals surface area contributed by atoms with Crippen molar-refractivity contribution in [1.29, 1.82) is 0 Å². The van der Waals surface area contributed by atoms with Crippen molar-refractivity contribution >= 4 is 23.1 Å². The molecule has 0 aliphatic rings. The van der Waals surface area contributed by atoms with Gasteiger partial charge in [-0.05, 0) is 18.6 Å². The Bertz CT molecular complexity index is 286. The van der Waals surface area contributed by atoms with Crippen LogP contribution < -0.4 is 0 Å². The molecule has 0 fully saturated rings. The predicted octanol–water partition coefficient (Wildman–Crippen LogP) is 2.74. The van der Waals surface area contributed by atoms with Gasteiger partial charge in [0.2, 0.25) is 0 Å². The third-order valence-electron chi connectivity index (χ3n) is 1.87. The predicted molar refractivity (Wildman–Crippen MR) is 68.7 cm³/mol. The van der Waals surface area contributed by atoms with Crippen LogP contribution in [0.1, 0.15) is 24.5 Å². The first-order valence-electron chi connectivity index (χ1n) is 5.24. The largest absolute Gasteiger partial charge is 0.392 e. The molecule has 0 aliphatic heterocycles. The molecule has 0 bridgehead atoms. The standard InChI is InChI=1S/C11H19NOS2/c1-8(2)5-14-7-11(13)4-10-6-15-9(3)12-10/h6,8,11,13H,4-5,7H2,1-3H3. The zero-order chi connectivity index (χ0) is 11.3. The summed E-state index contributed by atoms with van der Waals surface area (Å²) in [7, 11) is 0. The molecule has 2 nitrogen and oxygen atoms in total. The number of aryl methyl sites for hydroxylation is 1. The Kier molecular flexibility index (Phi) is 5.64. The Morgan fingerprint density at radius 2 is 2.20 bits per heavy atom. The monoisotopic (exact) mass is 245 g/mol. The number of hydrogen-bond donors (Lipinski definition) is 1. The van der Waals surface area contributed by atoms with Gasteiger partial charge < -0.3 is 5.11 Å². The number of nitrogens with zero attached hydrogens (tertiary/aromatic N) is 1. The summed E-state index contributed by atoms with van der Waals surface area (Å²) in [6, 6.07) is 0. The Morgan fingerprint density at radius 3 is 2.73 bits per heavy atom. The van der Waals surface area contributed by atoms with Gasteiger partial charge in [0.05, 0.1) is 16.8 Å². The third-order valence-corrected chi connectivity index (χ3v) is 4.22. The first-order chi connectivity index (χ1) is 7.08. The molecule has 1 N–H and O–H groups in total. The van der Waals surface area contributed by atoms with E-state index in [4.69, 9.17) is 0 Å². The minimum Gasteiger partial charge on any atom is -0.392 e. The van der Waals surface area contributed by atoms with E-state index in [9.17, 15) is 5.11 Å². The second-order valence-electron chi connectivity index (χ2n) is 4.15. The lowest BCUT2D eigenvalue weighted by atomic mass is 10.2. The van der Waals surface area contributed by atoms with Crippen molar-refractivity contribution in [2.45, 2.75) is 33.3 Å². The van der Waals surface area contributed by atoms with Crippen LogP contribution in [0.3, 0.4) is 0 Å². The minimum atomic E-state index is -0.254. The summed E-state index contributed by atoms with van der Waals surface area (Å²) < 4.78 is 0. The van der Waals surface area contributed by atoms with Crippen molar-refractivity contribution in [3.63, 3.8) is 0 Å². The van der Waals surface area contributed by atoms with E-state index in [0.29, 0.717) is 12.3 Å². The second kappa shape index (κ2) is 6.51. The van der Waals surface area contributed by atoms with Crippen molar-refractivity contribution in [3.05, 3.63) is 16.1 Å². The molecular formula is C11H19NOS2. The summed E-state index contributed by atoms with van der Waals surface area (Å²) in [5.41, 5.74) is 1.02. The molecule has 1 rings (SSSR count). The van der Waals surface area contributed by atoms with Crippen LogP contribution in [0.5, 0.6) is 0 Å². The highest BCUT2D eigenvalue weighted by Gasteiger charge is 2.08. The van der Waals surface area contributed by atoms with Gasteiger partial charge in [0, 0.05) is 17.6 Å². The Morgan fingerprint density at radius 1 is 1.47 bits per heavy atom. The molecule has 0 saturated heterocycles. The fraction of sp³-hybridized carbons (Fsp3) is 0.727. The van der Waals surface area contributed by atoms with Gasteiger partial charge in [-0.2, -0.15) is 11.8 Å². The van der Waals surface area contributed by atoms with E-state index in [1.165, 1.54) is 0 Å². The zero-order valence-corrected chi connectivity index (χ0v) is 11.2. The van der Waals surface area contributed by atoms with E-state index >= 15 is 0 Å². The molecule has 1 unspecified atom stereocenters. The SMILES string of the molecule is Cc1nc(CC(O)CSCC(C)C)cs1. The average molecular weight is 245 g/mol. The van der Waals surface area contributed by atoms with Crippen molar-refractivity contribution in [1.82, 2.24) is 4.98 Å². The topological polar surface area (TPSA) is 33.1 Å². The highest BCUT2D eigenvalue weighted by atomic mass is 32.2. The first kappa shape index (κ1) is 13.0. The van der Waals surface area contributed by atoms with Gasteiger partial charge in [-0.1, -0.05) is 13.8 Å². The number of thioether (sulfide) groups is 1. The molecule has 0 radical (unpaired) electrons. The summed E-state index contributed by atoms with van der Waals surface area (Å²) in [5.74, 6) is 2.63. The van der Waals surface area contributed by atoms with Crippen LogP contribution in [-0.4, -0.2) is 27.7 Å². The van der Waals surface area contributed by atoms with Gasteiger partial charge in [0.1, 0.15) is 0 Å². The summed E-state index contributed by atoms with van der Waals surface area (Å²) in [4.78, 5) is 4.34. The lowest BCUT2D eigenvalue weighted by Gasteiger charge is -2.09. The van der Waals surface area contributed by atoms with E-state index in [1.807, 2.05) is 24.1 Å². The van der Waals surface area contributed by atoms with Gasteiger partial charge in [-0.25, -0.2) is 4.98 Å². The van der Waals surface area contributed by atoms with Gasteiger partial charge in [-0.3, -0.25) is 0 Å². The third kappa shape index (κ3) is 5.54. The Balaban J connectivity index is 2.21. The summed E-state index contributed by atoms with van der Waals surface area (Å²) in [5, 5.41) is 12.9. The van der Waals surface area contributed by atoms with Gasteiger partial charge in [0.15, 0.2) is 0 Å². The number of thiazole rings is 1. The van der Waals surface area contributed by atoms with Crippen LogP contribution in [0.2, 0.25) is 0 Å². The molecular weight excluding hydrogens is 226 g/mol. The quantitative estimate of drug-likeness (QED) is 0.836. The molecule has 1 atom stereocenters. The van der Waals surface area contributed by atoms with Crippen LogP contribution in [0, 0.1) is 12.8 Å². The van der Waals surface area contributed by atoms with Gasteiger partial charge in [0.25, 0.3) is 0 Å². The van der Waals surface area contributed by atoms with E-state index in [2.05, 4.69) is 18.8 Å². The fourth-order valence-electron chi connectivity index (χ4n) is 1.24. The van der Waals surface area contributed by atoms with Gasteiger partial charge >= 0.3 is 0 Å². The van der Waals surface area contributed by atoms with Crippen LogP contribution in [-0.2, 0) is 6.42 Å². The fourth-order valence-corrected chi connectivity index (χ4v) is 2.87. The highest BCUT2D eigenvalue weighted by Crippen LogP contribution is 2.14. The summed E-state index contributed by atoms with van der Waals surface area (Å²) >= 11 is 3.47. The van der Waals surface area contributed by atoms with E-state index in [1.54, 1.807) is 11.3 Å². The molecule has 0 saturated carbocycles. The number of rotatable bonds is 6. The molecule has 15 heavy (non-hydrogen) atoms. The smallest absolute Gasteiger partial charge is 0.0897 e. The highest BCUT2D eigenvalue weighted by molar-refractivity contribution is 7.99. The molecule has 86 valence electrons. The van der Waals surface area contributed by atoms with Crippen molar-refractivity contribution < 1.29 is 5.11 Å². The maximum Gasteiger partial charge on any atom is 0.0897 e. The van der Waals surface area contributed by atoms with Crippen LogP contribution in [0.15, 0.2) is 5.38 Å². The first-order valence-corrected chi connectivity index (χ1v) is 7.28.